The molecule has 0 radical (unpaired) electrons. The second kappa shape index (κ2) is 8.17. The van der Waals surface area contributed by atoms with E-state index < -0.39 is 7.26 Å². The van der Waals surface area contributed by atoms with Crippen LogP contribution in [0.2, 0.25) is 0 Å². The topological polar surface area (TPSA) is 26.3 Å². The molecule has 0 atom stereocenters. The van der Waals surface area contributed by atoms with Crippen LogP contribution in [0, 0.1) is 0 Å². The molecule has 2 aliphatic carbocycles. The van der Waals surface area contributed by atoms with Gasteiger partial charge in [0.2, 0.25) is 0 Å². The second-order valence-electron chi connectivity index (χ2n) is 6.20. The Morgan fingerprint density at radius 1 is 0.895 bits per heavy atom. The summed E-state index contributed by atoms with van der Waals surface area (Å²) in [6.07, 6.45) is 13.1. The van der Waals surface area contributed by atoms with E-state index in [4.69, 9.17) is 4.74 Å². The molecule has 0 amide bonds. The van der Waals surface area contributed by atoms with Gasteiger partial charge >= 0.3 is 5.71 Å². The van der Waals surface area contributed by atoms with E-state index in [1.165, 1.54) is 64.2 Å². The van der Waals surface area contributed by atoms with E-state index in [0.717, 1.165) is 0 Å². The molecule has 0 saturated heterocycles. The van der Waals surface area contributed by atoms with Gasteiger partial charge in [-0.25, -0.2) is 4.79 Å². The lowest BCUT2D eigenvalue weighted by Crippen LogP contribution is -3.00. The third-order valence-corrected chi connectivity index (χ3v) is 10.3. The first-order valence-electron chi connectivity index (χ1n) is 7.64. The van der Waals surface area contributed by atoms with E-state index in [1.54, 1.807) is 7.11 Å². The fourth-order valence-electron chi connectivity index (χ4n) is 4.03. The number of hydrogen-bond acceptors (Lipinski definition) is 2. The molecule has 2 saturated carbocycles. The summed E-state index contributed by atoms with van der Waals surface area (Å²) in [7, 11) is 0.0172. The first-order chi connectivity index (χ1) is 8.69. The molecule has 0 bridgehead atoms. The number of halogens is 1. The largest absolute Gasteiger partial charge is 1.00 e. The molecule has 0 aromatic rings. The smallest absolute Gasteiger partial charge is 0.450 e. The lowest BCUT2D eigenvalue weighted by molar-refractivity contribution is -0.00000788. The van der Waals surface area contributed by atoms with E-state index in [2.05, 4.69) is 6.66 Å². The van der Waals surface area contributed by atoms with Crippen LogP contribution >= 0.6 is 7.26 Å². The molecular weight excluding hydrogens is 370 g/mol. The van der Waals surface area contributed by atoms with Gasteiger partial charge in [0.25, 0.3) is 0 Å². The quantitative estimate of drug-likeness (QED) is 0.538. The van der Waals surface area contributed by atoms with Gasteiger partial charge in [-0.05, 0) is 51.4 Å². The van der Waals surface area contributed by atoms with Gasteiger partial charge in [-0.1, -0.05) is 12.8 Å². The lowest BCUT2D eigenvalue weighted by Gasteiger charge is -2.37. The Morgan fingerprint density at radius 2 is 1.26 bits per heavy atom. The maximum absolute atomic E-state index is 12.5. The summed E-state index contributed by atoms with van der Waals surface area (Å²) in [6, 6.07) is 0. The molecule has 2 aliphatic rings. The first kappa shape index (κ1) is 17.7. The summed E-state index contributed by atoms with van der Waals surface area (Å²) in [4.78, 5) is 12.5. The number of rotatable bonds is 3. The van der Waals surface area contributed by atoms with Crippen molar-refractivity contribution in [2.45, 2.75) is 75.5 Å². The van der Waals surface area contributed by atoms with Crippen molar-refractivity contribution < 1.29 is 33.5 Å². The van der Waals surface area contributed by atoms with Gasteiger partial charge in [0.1, 0.15) is 7.26 Å². The highest BCUT2D eigenvalue weighted by Gasteiger charge is 2.56. The molecule has 0 aliphatic heterocycles. The van der Waals surface area contributed by atoms with Gasteiger partial charge < -0.3 is 28.7 Å². The van der Waals surface area contributed by atoms with Gasteiger partial charge in [-0.15, -0.1) is 0 Å². The average Bonchev–Trinajstić information content (AvgIpc) is 2.47. The van der Waals surface area contributed by atoms with Gasteiger partial charge in [-0.2, -0.15) is 0 Å². The predicted molar refractivity (Wildman–Crippen MR) is 79.0 cm³/mol. The van der Waals surface area contributed by atoms with E-state index in [0.29, 0.717) is 11.3 Å². The van der Waals surface area contributed by atoms with Gasteiger partial charge in [-0.3, -0.25) is 0 Å². The summed E-state index contributed by atoms with van der Waals surface area (Å²) in [5, 5.41) is 0. The zero-order valence-corrected chi connectivity index (χ0v) is 15.4. The van der Waals surface area contributed by atoms with Crippen LogP contribution in [-0.4, -0.2) is 30.8 Å². The third-order valence-electron chi connectivity index (χ3n) is 5.23. The number of hydrogen-bond donors (Lipinski definition) is 0. The molecular formula is C15H28IO2P. The zero-order valence-electron chi connectivity index (χ0n) is 12.4. The maximum Gasteiger partial charge on any atom is 0.450 e. The minimum atomic E-state index is -1.57. The lowest BCUT2D eigenvalue weighted by atomic mass is 9.99. The van der Waals surface area contributed by atoms with Crippen LogP contribution in [0.4, 0.5) is 4.79 Å². The molecule has 19 heavy (non-hydrogen) atoms. The SMILES string of the molecule is COC(=O)[P+](C)(C1CCCCC1)C1CCCCC1.[I-]. The predicted octanol–water partition coefficient (Wildman–Crippen LogP) is 2.07. The van der Waals surface area contributed by atoms with E-state index in [9.17, 15) is 4.79 Å². The maximum atomic E-state index is 12.5. The Bertz CT molecular complexity index is 266. The second-order valence-corrected chi connectivity index (χ2v) is 10.3. The van der Waals surface area contributed by atoms with Crippen molar-refractivity contribution in [3.8, 4) is 0 Å². The highest BCUT2D eigenvalue weighted by atomic mass is 127. The fourth-order valence-corrected chi connectivity index (χ4v) is 8.49. The third kappa shape index (κ3) is 3.84. The Kier molecular flexibility index (Phi) is 7.60. The van der Waals surface area contributed by atoms with Crippen molar-refractivity contribution in [1.29, 1.82) is 0 Å². The molecule has 0 heterocycles. The van der Waals surface area contributed by atoms with Crippen molar-refractivity contribution in [2.24, 2.45) is 0 Å². The van der Waals surface area contributed by atoms with E-state index in [1.807, 2.05) is 0 Å². The molecule has 2 fully saturated rings. The summed E-state index contributed by atoms with van der Waals surface area (Å²) >= 11 is 0. The normalized spacial score (nSPS) is 22.6. The van der Waals surface area contributed by atoms with Crippen LogP contribution in [0.15, 0.2) is 0 Å². The summed E-state index contributed by atoms with van der Waals surface area (Å²) in [5.41, 5.74) is 1.50. The number of methoxy groups -OCH3 is 1. The van der Waals surface area contributed by atoms with Crippen LogP contribution in [0.1, 0.15) is 64.2 Å². The highest BCUT2D eigenvalue weighted by molar-refractivity contribution is 7.91. The van der Waals surface area contributed by atoms with Crippen molar-refractivity contribution >= 4 is 13.0 Å². The molecule has 0 spiro atoms. The fraction of sp³-hybridized carbons (Fsp3) is 0.933. The Balaban J connectivity index is 0.00000180. The Morgan fingerprint density at radius 3 is 1.58 bits per heavy atom. The minimum absolute atomic E-state index is 0. The monoisotopic (exact) mass is 398 g/mol. The molecule has 0 unspecified atom stereocenters. The summed E-state index contributed by atoms with van der Waals surface area (Å²) < 4.78 is 5.23. The highest BCUT2D eigenvalue weighted by Crippen LogP contribution is 2.70. The average molecular weight is 398 g/mol. The van der Waals surface area contributed by atoms with Gasteiger partial charge in [0.05, 0.1) is 25.1 Å². The van der Waals surface area contributed by atoms with Crippen LogP contribution in [0.5, 0.6) is 0 Å². The number of carbonyl (C=O) groups is 1. The minimum Gasteiger partial charge on any atom is -1.00 e. The van der Waals surface area contributed by atoms with Crippen molar-refractivity contribution in [3.63, 3.8) is 0 Å². The summed E-state index contributed by atoms with van der Waals surface area (Å²) in [6.45, 7) is 2.31. The molecule has 112 valence electrons. The molecule has 2 rings (SSSR count). The standard InChI is InChI=1S/C15H28O2P.HI/c1-17-15(16)18(2,13-9-5-3-6-10-13)14-11-7-4-8-12-14;/h13-14H,3-12H2,1-2H3;1H/q+1;/p-1. The molecule has 4 heteroatoms. The Labute approximate surface area is 135 Å². The van der Waals surface area contributed by atoms with E-state index in [-0.39, 0.29) is 29.7 Å². The van der Waals surface area contributed by atoms with Crippen LogP contribution in [0.25, 0.3) is 0 Å². The summed E-state index contributed by atoms with van der Waals surface area (Å²) in [5.74, 6) is 0. The first-order valence-corrected chi connectivity index (χ1v) is 10.0. The van der Waals surface area contributed by atoms with Crippen molar-refractivity contribution in [1.82, 2.24) is 0 Å². The van der Waals surface area contributed by atoms with Crippen molar-refractivity contribution in [3.05, 3.63) is 0 Å². The number of ether oxygens (including phenoxy) is 1. The Hall–Kier alpha value is 0.630. The van der Waals surface area contributed by atoms with Crippen LogP contribution in [0.3, 0.4) is 0 Å². The zero-order chi connectivity index (χ0) is 13.0. The van der Waals surface area contributed by atoms with Gasteiger partial charge in [0.15, 0.2) is 0 Å². The van der Waals surface area contributed by atoms with Crippen molar-refractivity contribution in [2.75, 3.05) is 13.8 Å². The molecule has 0 aromatic heterocycles. The molecule has 2 nitrogen and oxygen atoms in total. The van der Waals surface area contributed by atoms with Gasteiger partial charge in [0, 0.05) is 0 Å². The number of carbonyl (C=O) groups excluding carboxylic acids is 1. The molecule has 0 N–H and O–H groups in total. The van der Waals surface area contributed by atoms with E-state index >= 15 is 0 Å². The van der Waals surface area contributed by atoms with Crippen LogP contribution < -0.4 is 24.0 Å². The van der Waals surface area contributed by atoms with Crippen LogP contribution in [-0.2, 0) is 4.74 Å². The molecule has 0 aromatic carbocycles.